The number of pyridine rings is 2. The third-order valence-electron chi connectivity index (χ3n) is 8.72. The van der Waals surface area contributed by atoms with Crippen molar-refractivity contribution >= 4 is 39.4 Å². The van der Waals surface area contributed by atoms with Crippen molar-refractivity contribution in [1.29, 1.82) is 0 Å². The Morgan fingerprint density at radius 3 is 2.58 bits per heavy atom. The Morgan fingerprint density at radius 2 is 1.94 bits per heavy atom. The number of aromatic nitrogens is 4. The topological polar surface area (TPSA) is 169 Å². The molecule has 1 aliphatic carbocycles. The number of rotatable bonds is 13. The largest absolute Gasteiger partial charge is 0.477 e. The van der Waals surface area contributed by atoms with Crippen molar-refractivity contribution < 1.29 is 41.0 Å². The molecule has 0 radical (unpaired) electrons. The molecule has 48 heavy (non-hydrogen) atoms. The van der Waals surface area contributed by atoms with Gasteiger partial charge in [-0.3, -0.25) is 4.79 Å². The molecule has 1 aliphatic heterocycles. The van der Waals surface area contributed by atoms with Gasteiger partial charge in [-0.25, -0.2) is 32.6 Å². The van der Waals surface area contributed by atoms with Crippen LogP contribution in [0.25, 0.3) is 5.82 Å². The Kier molecular flexibility index (Phi) is 9.83. The van der Waals surface area contributed by atoms with Crippen LogP contribution >= 0.6 is 11.6 Å². The van der Waals surface area contributed by atoms with Crippen molar-refractivity contribution in [3.05, 3.63) is 53.4 Å². The maximum absolute atomic E-state index is 13.1. The monoisotopic (exact) mass is 713 g/mol. The maximum Gasteiger partial charge on any atom is 0.407 e. The number of carboxylic acid groups (broad SMARTS) is 1. The van der Waals surface area contributed by atoms with Crippen molar-refractivity contribution in [2.45, 2.75) is 69.0 Å². The fourth-order valence-corrected chi connectivity index (χ4v) is 7.06. The molecular weight excluding hydrogens is 679 g/mol. The second kappa shape index (κ2) is 13.4. The zero-order valence-electron chi connectivity index (χ0n) is 26.1. The van der Waals surface area contributed by atoms with Gasteiger partial charge in [0.05, 0.1) is 22.5 Å². The molecule has 0 bridgehead atoms. The number of nitrogens with one attached hydrogen (secondary N) is 2. The zero-order valence-corrected chi connectivity index (χ0v) is 27.7. The molecule has 0 unspecified atom stereocenters. The summed E-state index contributed by atoms with van der Waals surface area (Å²) < 4.78 is 74.1. The van der Waals surface area contributed by atoms with E-state index in [-0.39, 0.29) is 64.9 Å². The van der Waals surface area contributed by atoms with E-state index in [2.05, 4.69) is 20.4 Å². The first-order valence-corrected chi connectivity index (χ1v) is 17.1. The van der Waals surface area contributed by atoms with Crippen molar-refractivity contribution in [3.8, 4) is 11.7 Å². The molecule has 0 aromatic carbocycles. The van der Waals surface area contributed by atoms with E-state index in [0.29, 0.717) is 19.5 Å². The maximum atomic E-state index is 13.1. The van der Waals surface area contributed by atoms with Crippen LogP contribution in [-0.4, -0.2) is 81.6 Å². The van der Waals surface area contributed by atoms with Crippen LogP contribution in [0.4, 0.5) is 23.8 Å². The van der Waals surface area contributed by atoms with Crippen LogP contribution in [-0.2, 0) is 10.0 Å². The number of anilines is 1. The first-order valence-electron chi connectivity index (χ1n) is 15.2. The Balaban J connectivity index is 1.13. The molecule has 1 saturated heterocycles. The molecule has 2 aliphatic rings. The summed E-state index contributed by atoms with van der Waals surface area (Å²) in [5.41, 5.74) is -2.33. The summed E-state index contributed by atoms with van der Waals surface area (Å²) in [6, 6.07) is 6.59. The van der Waals surface area contributed by atoms with Gasteiger partial charge in [0.1, 0.15) is 11.0 Å². The number of hydrogen-bond acceptors (Lipinski definition) is 9. The Morgan fingerprint density at radius 1 is 1.19 bits per heavy atom. The van der Waals surface area contributed by atoms with Gasteiger partial charge in [-0.2, -0.15) is 13.2 Å². The predicted molar refractivity (Wildman–Crippen MR) is 168 cm³/mol. The lowest BCUT2D eigenvalue weighted by atomic mass is 9.93. The molecule has 2 amide bonds. The third kappa shape index (κ3) is 7.94. The summed E-state index contributed by atoms with van der Waals surface area (Å²) in [7, 11) is -4.33. The van der Waals surface area contributed by atoms with Gasteiger partial charge in [0, 0.05) is 43.2 Å². The molecule has 2 fully saturated rings. The second-order valence-electron chi connectivity index (χ2n) is 12.6. The fourth-order valence-electron chi connectivity index (χ4n) is 5.85. The van der Waals surface area contributed by atoms with Crippen molar-refractivity contribution in [1.82, 2.24) is 29.4 Å². The van der Waals surface area contributed by atoms with E-state index in [9.17, 15) is 36.3 Å². The molecule has 3 aromatic heterocycles. The highest BCUT2D eigenvalue weighted by molar-refractivity contribution is 7.90. The first-order chi connectivity index (χ1) is 22.5. The highest BCUT2D eigenvalue weighted by Gasteiger charge is 2.62. The number of halogens is 4. The lowest BCUT2D eigenvalue weighted by Gasteiger charge is -2.28. The van der Waals surface area contributed by atoms with Gasteiger partial charge in [0.15, 0.2) is 5.82 Å². The number of carbonyl (C=O) groups excluding carboxylic acids is 1. The molecule has 1 atom stereocenters. The number of carbonyl (C=O) groups is 2. The van der Waals surface area contributed by atoms with Crippen LogP contribution in [0.5, 0.6) is 5.88 Å². The summed E-state index contributed by atoms with van der Waals surface area (Å²) >= 11 is 6.22. The molecule has 0 spiro atoms. The summed E-state index contributed by atoms with van der Waals surface area (Å²) in [5.74, 6) is -0.292. The highest BCUT2D eigenvalue weighted by Crippen LogP contribution is 2.59. The van der Waals surface area contributed by atoms with E-state index in [1.54, 1.807) is 0 Å². The van der Waals surface area contributed by atoms with E-state index >= 15 is 0 Å². The van der Waals surface area contributed by atoms with Gasteiger partial charge in [0.2, 0.25) is 5.88 Å². The number of sulfonamides is 1. The van der Waals surface area contributed by atoms with Gasteiger partial charge < -0.3 is 20.1 Å². The summed E-state index contributed by atoms with van der Waals surface area (Å²) in [6.07, 6.45) is -0.235. The van der Waals surface area contributed by atoms with Crippen LogP contribution in [0.2, 0.25) is 5.15 Å². The van der Waals surface area contributed by atoms with Gasteiger partial charge >= 0.3 is 12.3 Å². The summed E-state index contributed by atoms with van der Waals surface area (Å²) in [6.45, 7) is 4.58. The third-order valence-corrected chi connectivity index (χ3v) is 10.3. The van der Waals surface area contributed by atoms with Gasteiger partial charge in [-0.15, -0.1) is 5.10 Å². The van der Waals surface area contributed by atoms with E-state index in [1.165, 1.54) is 52.3 Å². The summed E-state index contributed by atoms with van der Waals surface area (Å²) in [4.78, 5) is 33.9. The van der Waals surface area contributed by atoms with E-state index in [1.807, 2.05) is 18.6 Å². The quantitative estimate of drug-likeness (QED) is 0.152. The lowest BCUT2D eigenvalue weighted by molar-refractivity contribution is -0.190. The number of alkyl halides is 3. The minimum absolute atomic E-state index is 0.0787. The summed E-state index contributed by atoms with van der Waals surface area (Å²) in [5, 5.41) is 16.3. The lowest BCUT2D eigenvalue weighted by Crippen LogP contribution is -2.41. The van der Waals surface area contributed by atoms with Crippen LogP contribution < -0.4 is 14.8 Å². The van der Waals surface area contributed by atoms with Gasteiger partial charge in [0.25, 0.3) is 15.9 Å². The Bertz CT molecular complexity index is 1780. The first kappa shape index (κ1) is 35.2. The van der Waals surface area contributed by atoms with Crippen LogP contribution in [0.3, 0.4) is 0 Å². The van der Waals surface area contributed by atoms with Crippen LogP contribution in [0, 0.1) is 11.3 Å². The fraction of sp³-hybridized carbons (Fsp3) is 0.500. The van der Waals surface area contributed by atoms with Crippen molar-refractivity contribution in [2.24, 2.45) is 11.3 Å². The zero-order chi connectivity index (χ0) is 34.9. The Labute approximate surface area is 279 Å². The SMILES string of the molecule is CC1(C)C[C@H](CCCNc2cc(S(=O)(=O)NC(=O)c3ccc(-n4ccc(OCCC5(C(F)(F)F)CC5)n4)nc3Cl)ccn2)CN1C(=O)O. The number of hydrogen-bond donors (Lipinski definition) is 3. The van der Waals surface area contributed by atoms with Gasteiger partial charge in [-0.05, 0) is 76.5 Å². The number of likely N-dealkylation sites (tertiary alicyclic amines) is 1. The van der Waals surface area contributed by atoms with Crippen LogP contribution in [0.15, 0.2) is 47.6 Å². The highest BCUT2D eigenvalue weighted by atomic mass is 35.5. The molecule has 13 nitrogen and oxygen atoms in total. The van der Waals surface area contributed by atoms with E-state index < -0.39 is 39.2 Å². The molecule has 5 rings (SSSR count). The number of ether oxygens (including phenoxy) is 1. The Hall–Kier alpha value is -4.12. The molecule has 260 valence electrons. The number of nitrogens with zero attached hydrogens (tertiary/aromatic N) is 5. The average Bonchev–Trinajstić information content (AvgIpc) is 3.55. The molecule has 3 N–H and O–H groups in total. The minimum atomic E-state index is -4.33. The smallest absolute Gasteiger partial charge is 0.407 e. The van der Waals surface area contributed by atoms with E-state index in [0.717, 1.165) is 12.8 Å². The van der Waals surface area contributed by atoms with Crippen molar-refractivity contribution in [2.75, 3.05) is 25.0 Å². The molecule has 3 aromatic rings. The molecule has 1 saturated carbocycles. The number of amides is 2. The van der Waals surface area contributed by atoms with Gasteiger partial charge in [-0.1, -0.05) is 11.6 Å². The molecule has 18 heteroatoms. The average molecular weight is 714 g/mol. The normalized spacial score (nSPS) is 18.4. The second-order valence-corrected chi connectivity index (χ2v) is 14.7. The molecular formula is C30H35ClF3N7O6S. The van der Waals surface area contributed by atoms with Crippen molar-refractivity contribution in [3.63, 3.8) is 0 Å². The predicted octanol–water partition coefficient (Wildman–Crippen LogP) is 5.52. The minimum Gasteiger partial charge on any atom is -0.477 e. The van der Waals surface area contributed by atoms with E-state index in [4.69, 9.17) is 16.3 Å². The van der Waals surface area contributed by atoms with Crippen LogP contribution in [0.1, 0.15) is 62.7 Å². The molecule has 4 heterocycles. The standard InChI is InChI=1S/C30H35ClF3N7O6S/c1-28(2)17-19(18-40(28)27(43)44)4-3-12-35-22-16-20(7-13-36-22)48(45,46)39-26(42)21-5-6-23(37-25(21)31)41-14-8-24(38-41)47-15-11-29(9-10-29)30(32,33)34/h5-8,13-14,16,19H,3-4,9-12,15,17-18H2,1-2H3,(H,35,36)(H,39,42)(H,43,44)/t19-/m0/s1.